The zero-order chi connectivity index (χ0) is 73.6. The number of carbonyl (C=O) groups excluding carboxylic acids is 11. The van der Waals surface area contributed by atoms with E-state index in [1.54, 1.807) is 34.6 Å². The van der Waals surface area contributed by atoms with Crippen LogP contribution in [0, 0.1) is 47.3 Å². The summed E-state index contributed by atoms with van der Waals surface area (Å²) in [7, 11) is 10.8. The number of nitrogens with zero attached hydrogens (tertiary/aromatic N) is 8. The number of fused-ring (bicyclic) bond motifs is 1. The molecular formula is C72H129N11O14. The third-order valence-electron chi connectivity index (χ3n) is 20.0. The summed E-state index contributed by atoms with van der Waals surface area (Å²) in [6.07, 6.45) is 3.04. The Bertz CT molecular complexity index is 2600. The fourth-order valence-electron chi connectivity index (χ4n) is 13.6. The highest BCUT2D eigenvalue weighted by Crippen LogP contribution is 2.35. The lowest BCUT2D eigenvalue weighted by Gasteiger charge is -2.50. The zero-order valence-corrected chi connectivity index (χ0v) is 63.7. The highest BCUT2D eigenvalue weighted by atomic mass is 16.7. The Morgan fingerprint density at radius 3 is 1.61 bits per heavy atom. The van der Waals surface area contributed by atoms with Gasteiger partial charge in [0, 0.05) is 86.7 Å². The van der Waals surface area contributed by atoms with Crippen LogP contribution in [-0.2, 0) is 67.1 Å². The predicted octanol–water partition coefficient (Wildman–Crippen LogP) is 5.45. The van der Waals surface area contributed by atoms with Crippen LogP contribution in [0.1, 0.15) is 188 Å². The molecule has 97 heavy (non-hydrogen) atoms. The van der Waals surface area contributed by atoms with Gasteiger partial charge in [0.15, 0.2) is 17.6 Å². The number of likely N-dealkylation sites (N-methyl/N-ethyl adjacent to an activating group) is 6. The summed E-state index contributed by atoms with van der Waals surface area (Å²) in [5.41, 5.74) is 0. The van der Waals surface area contributed by atoms with Gasteiger partial charge >= 0.3 is 0 Å². The molecule has 14 atom stereocenters. The van der Waals surface area contributed by atoms with E-state index >= 15 is 33.6 Å². The fraction of sp³-hybridized carbons (Fsp3) is 0.847. The highest BCUT2D eigenvalue weighted by Gasteiger charge is 2.55. The Kier molecular flexibility index (Phi) is 35.8. The van der Waals surface area contributed by atoms with Crippen LogP contribution in [0.25, 0.3) is 0 Å². The lowest BCUT2D eigenvalue weighted by molar-refractivity contribution is -0.322. The lowest BCUT2D eigenvalue weighted by atomic mass is 9.85. The van der Waals surface area contributed by atoms with E-state index in [-0.39, 0.29) is 68.8 Å². The van der Waals surface area contributed by atoms with E-state index in [1.807, 2.05) is 69.4 Å². The summed E-state index contributed by atoms with van der Waals surface area (Å²) >= 11 is 0. The first kappa shape index (κ1) is 85.6. The summed E-state index contributed by atoms with van der Waals surface area (Å²) in [6.45, 7) is 33.4. The van der Waals surface area contributed by atoms with Crippen LogP contribution in [-0.4, -0.2) is 266 Å². The second kappa shape index (κ2) is 40.6. The Labute approximate surface area is 581 Å². The normalized spacial score (nSPS) is 28.2. The summed E-state index contributed by atoms with van der Waals surface area (Å²) < 4.78 is 11.9. The van der Waals surface area contributed by atoms with E-state index < -0.39 is 155 Å². The van der Waals surface area contributed by atoms with E-state index in [9.17, 15) is 19.2 Å². The number of amides is 9. The average molecular weight is 1370 g/mol. The number of rotatable bonds is 23. The molecule has 3 N–H and O–H groups in total. The molecule has 0 unspecified atom stereocenters. The second-order valence-electron chi connectivity index (χ2n) is 30.1. The van der Waals surface area contributed by atoms with Crippen LogP contribution < -0.4 is 16.0 Å². The van der Waals surface area contributed by atoms with Crippen LogP contribution in [0.3, 0.4) is 0 Å². The Morgan fingerprint density at radius 1 is 0.536 bits per heavy atom. The van der Waals surface area contributed by atoms with Gasteiger partial charge < -0.3 is 54.8 Å². The van der Waals surface area contributed by atoms with Gasteiger partial charge in [0.25, 0.3) is 5.91 Å². The Balaban J connectivity index is 2.29. The molecule has 3 fully saturated rings. The third kappa shape index (κ3) is 24.0. The standard InChI is InChI=1S/C72H129N11O14/c1-24-54-69(91)76(18)51(15)67(89)81(23)61(52(16)96-35-29-28-32-82-33-36-95-37-34-82)59(85)42-53(46(8)9)68(90)77(19)55(38-43(2)3)58(84)41-49(13)64(86)74-50(14)66(88)78(20)56(39-44(4)5)70(92)79(21)57(40-45(6)7)71(93)80(22)60(47(10)11)72(94)83-62(65(87)75-54)63(97-83)48(12)30-26-25-27-31-73-17/h43-57,60-63,73H,24-42H2,1-23H3,(H,74,86)(H,75,87)/t48-,49-,50-,51-,52-,53+,54+,55+,56+,57+,60+,61+,62+,63-/m1/s1. The number of hydrogen-bond acceptors (Lipinski definition) is 16. The highest BCUT2D eigenvalue weighted by molar-refractivity contribution is 6.00. The summed E-state index contributed by atoms with van der Waals surface area (Å²) in [4.78, 5) is 181. The van der Waals surface area contributed by atoms with Gasteiger partial charge in [-0.05, 0) is 128 Å². The minimum absolute atomic E-state index is 0.0729. The van der Waals surface area contributed by atoms with E-state index in [0.717, 1.165) is 56.9 Å². The maximum Gasteiger partial charge on any atom is 0.270 e. The first-order chi connectivity index (χ1) is 45.4. The number of ketones is 2. The zero-order valence-electron chi connectivity index (χ0n) is 63.7. The molecule has 0 aromatic heterocycles. The van der Waals surface area contributed by atoms with Crippen molar-refractivity contribution in [2.45, 2.75) is 254 Å². The second-order valence-corrected chi connectivity index (χ2v) is 30.1. The molecular weight excluding hydrogens is 1240 g/mol. The van der Waals surface area contributed by atoms with Crippen molar-refractivity contribution in [3.63, 3.8) is 0 Å². The van der Waals surface area contributed by atoms with Crippen molar-refractivity contribution in [2.24, 2.45) is 47.3 Å². The molecule has 0 aliphatic carbocycles. The Morgan fingerprint density at radius 2 is 1.07 bits per heavy atom. The largest absolute Gasteiger partial charge is 0.379 e. The van der Waals surface area contributed by atoms with Gasteiger partial charge in [-0.1, -0.05) is 103 Å². The molecule has 3 aliphatic heterocycles. The molecule has 0 saturated carbocycles. The van der Waals surface area contributed by atoms with Crippen molar-refractivity contribution in [1.82, 2.24) is 55.3 Å². The monoisotopic (exact) mass is 1370 g/mol. The van der Waals surface area contributed by atoms with Gasteiger partial charge in [-0.2, -0.15) is 0 Å². The van der Waals surface area contributed by atoms with Crippen molar-refractivity contribution in [3.8, 4) is 0 Å². The number of unbranched alkanes of at least 4 members (excludes halogenated alkanes) is 3. The van der Waals surface area contributed by atoms with Gasteiger partial charge in [-0.3, -0.25) is 62.5 Å². The quantitative estimate of drug-likeness (QED) is 0.107. The van der Waals surface area contributed by atoms with Crippen molar-refractivity contribution in [3.05, 3.63) is 0 Å². The average Bonchev–Trinajstić information content (AvgIpc) is 0.755. The molecule has 3 saturated heterocycles. The van der Waals surface area contributed by atoms with E-state index in [4.69, 9.17) is 14.3 Å². The van der Waals surface area contributed by atoms with Crippen LogP contribution in [0.5, 0.6) is 0 Å². The summed E-state index contributed by atoms with van der Waals surface area (Å²) in [5.74, 6) is -9.88. The first-order valence-electron chi connectivity index (χ1n) is 36.2. The third-order valence-corrected chi connectivity index (χ3v) is 20.0. The van der Waals surface area contributed by atoms with E-state index in [1.165, 1.54) is 85.5 Å². The fourth-order valence-corrected chi connectivity index (χ4v) is 13.6. The number of morpholine rings is 1. The molecule has 25 heteroatoms. The molecule has 9 amide bonds. The maximum atomic E-state index is 15.3. The number of carbonyl (C=O) groups is 11. The number of nitrogens with one attached hydrogen (secondary N) is 3. The first-order valence-corrected chi connectivity index (χ1v) is 36.2. The van der Waals surface area contributed by atoms with Gasteiger partial charge in [0.2, 0.25) is 47.3 Å². The molecule has 3 heterocycles. The molecule has 3 rings (SSSR count). The Hall–Kier alpha value is -5.63. The smallest absolute Gasteiger partial charge is 0.270 e. The molecule has 0 aromatic carbocycles. The van der Waals surface area contributed by atoms with Gasteiger partial charge in [-0.15, -0.1) is 0 Å². The molecule has 0 radical (unpaired) electrons. The number of Topliss-reactive ketones (excluding diaryl/α,β-unsaturated/α-hetero) is 2. The van der Waals surface area contributed by atoms with Crippen molar-refractivity contribution < 1.29 is 67.1 Å². The van der Waals surface area contributed by atoms with E-state index in [2.05, 4.69) is 20.9 Å². The summed E-state index contributed by atoms with van der Waals surface area (Å²) in [5, 5.41) is 9.86. The van der Waals surface area contributed by atoms with Crippen LogP contribution >= 0.6 is 0 Å². The van der Waals surface area contributed by atoms with Crippen molar-refractivity contribution in [1.29, 1.82) is 0 Å². The number of hydroxylamine groups is 2. The molecule has 0 bridgehead atoms. The minimum atomic E-state index is -1.26. The predicted molar refractivity (Wildman–Crippen MR) is 374 cm³/mol. The van der Waals surface area contributed by atoms with Crippen molar-refractivity contribution >= 4 is 64.7 Å². The van der Waals surface area contributed by atoms with Crippen molar-refractivity contribution in [2.75, 3.05) is 95.3 Å². The van der Waals surface area contributed by atoms with Gasteiger partial charge in [0.05, 0.1) is 25.4 Å². The maximum absolute atomic E-state index is 15.3. The summed E-state index contributed by atoms with van der Waals surface area (Å²) in [6, 6.07) is -10.6. The number of ether oxygens (including phenoxy) is 2. The molecule has 0 aromatic rings. The SMILES string of the molecule is CC[C@@H]1NC(=O)[C@@H]2[C@@H]([C@H](C)CCCCCNC)ON2C(=O)[C@H](C(C)C)N(C)C(=O)[C@H](CC(C)C)N(C)C(=O)[C@H](CC(C)C)N(C)C(=O)[C@@H](C)NC(=O)[C@H](C)CC(=O)[C@H](CC(C)C)N(C)C(=O)[C@H](C(C)C)CC(=O)[C@H]([C@@H](C)OCCCCN2CCOCC2)N(C)C(=O)[C@@H](C)N(C)C1=O. The van der Waals surface area contributed by atoms with Crippen LogP contribution in [0.2, 0.25) is 0 Å². The van der Waals surface area contributed by atoms with Crippen LogP contribution in [0.15, 0.2) is 0 Å². The lowest BCUT2D eigenvalue weighted by Crippen LogP contribution is -2.72. The van der Waals surface area contributed by atoms with Gasteiger partial charge in [0.1, 0.15) is 48.4 Å². The minimum Gasteiger partial charge on any atom is -0.379 e. The molecule has 0 spiro atoms. The topological polar surface area (TPSA) is 277 Å². The van der Waals surface area contributed by atoms with Crippen LogP contribution in [0.4, 0.5) is 0 Å². The van der Waals surface area contributed by atoms with E-state index in [0.29, 0.717) is 26.1 Å². The molecule has 25 nitrogen and oxygen atoms in total. The van der Waals surface area contributed by atoms with Gasteiger partial charge in [-0.25, -0.2) is 5.06 Å². The molecule has 3 aliphatic rings. The number of hydrogen-bond donors (Lipinski definition) is 3. The molecule has 556 valence electrons.